The fourth-order valence-electron chi connectivity index (χ4n) is 3.35. The van der Waals surface area contributed by atoms with E-state index in [1.54, 1.807) is 16.4 Å². The van der Waals surface area contributed by atoms with E-state index in [9.17, 15) is 8.42 Å². The van der Waals surface area contributed by atoms with Crippen LogP contribution in [0.15, 0.2) is 47.5 Å². The smallest absolute Gasteiger partial charge is 0.244 e. The maximum absolute atomic E-state index is 12.9. The summed E-state index contributed by atoms with van der Waals surface area (Å²) in [6.07, 6.45) is 3.61. The van der Waals surface area contributed by atoms with Gasteiger partial charge in [-0.15, -0.1) is 0 Å². The number of hydrogen-bond acceptors (Lipinski definition) is 3. The van der Waals surface area contributed by atoms with Crippen LogP contribution in [0, 0.1) is 6.92 Å². The Bertz CT molecular complexity index is 824. The van der Waals surface area contributed by atoms with Crippen LogP contribution in [0.3, 0.4) is 0 Å². The molecule has 0 bridgehead atoms. The molecule has 0 N–H and O–H groups in total. The van der Waals surface area contributed by atoms with Crippen LogP contribution in [0.25, 0.3) is 0 Å². The van der Waals surface area contributed by atoms with E-state index in [0.717, 1.165) is 24.1 Å². The Morgan fingerprint density at radius 1 is 1.14 bits per heavy atom. The number of hydrogen-bond donors (Lipinski definition) is 0. The SMILES string of the molecule is Cc1ccc(S(=O)(=O)N2Cc3ccccc3C3(CC3)C2)cn1. The second-order valence-corrected chi connectivity index (χ2v) is 8.28. The monoisotopic (exact) mass is 314 g/mol. The first kappa shape index (κ1) is 13.9. The molecule has 1 aromatic carbocycles. The van der Waals surface area contributed by atoms with E-state index in [-0.39, 0.29) is 10.3 Å². The molecule has 0 amide bonds. The summed E-state index contributed by atoms with van der Waals surface area (Å²) in [5, 5.41) is 0. The van der Waals surface area contributed by atoms with Crippen molar-refractivity contribution in [3.8, 4) is 0 Å². The van der Waals surface area contributed by atoms with E-state index in [0.29, 0.717) is 13.1 Å². The standard InChI is InChI=1S/C17H18N2O2S/c1-13-6-7-15(10-18-13)22(20,21)19-11-14-4-2-3-5-16(14)17(12-19)8-9-17/h2-7,10H,8-9,11-12H2,1H3. The van der Waals surface area contributed by atoms with Crippen LogP contribution in [0.2, 0.25) is 0 Å². The zero-order chi connectivity index (χ0) is 15.4. The highest BCUT2D eigenvalue weighted by atomic mass is 32.2. The van der Waals surface area contributed by atoms with Crippen molar-refractivity contribution in [2.75, 3.05) is 6.54 Å². The van der Waals surface area contributed by atoms with Gasteiger partial charge in [-0.05, 0) is 43.0 Å². The zero-order valence-electron chi connectivity index (χ0n) is 12.5. The number of rotatable bonds is 2. The summed E-state index contributed by atoms with van der Waals surface area (Å²) >= 11 is 0. The summed E-state index contributed by atoms with van der Waals surface area (Å²) < 4.78 is 27.4. The van der Waals surface area contributed by atoms with Crippen molar-refractivity contribution in [2.24, 2.45) is 0 Å². The highest BCUT2D eigenvalue weighted by molar-refractivity contribution is 7.89. The first-order valence-corrected chi connectivity index (χ1v) is 8.97. The van der Waals surface area contributed by atoms with Gasteiger partial charge >= 0.3 is 0 Å². The minimum atomic E-state index is -3.48. The van der Waals surface area contributed by atoms with Gasteiger partial charge in [-0.25, -0.2) is 8.42 Å². The van der Waals surface area contributed by atoms with Gasteiger partial charge < -0.3 is 0 Å². The lowest BCUT2D eigenvalue weighted by Gasteiger charge is -2.34. The molecule has 114 valence electrons. The predicted molar refractivity (Wildman–Crippen MR) is 83.9 cm³/mol. The summed E-state index contributed by atoms with van der Waals surface area (Å²) in [6, 6.07) is 11.6. The van der Waals surface area contributed by atoms with Gasteiger partial charge in [-0.1, -0.05) is 24.3 Å². The summed E-state index contributed by atoms with van der Waals surface area (Å²) in [4.78, 5) is 4.42. The quantitative estimate of drug-likeness (QED) is 0.856. The molecular weight excluding hydrogens is 296 g/mol. The lowest BCUT2D eigenvalue weighted by molar-refractivity contribution is 0.344. The Hall–Kier alpha value is -1.72. The number of benzene rings is 1. The fourth-order valence-corrected chi connectivity index (χ4v) is 4.80. The Balaban J connectivity index is 1.74. The maximum Gasteiger partial charge on any atom is 0.244 e. The third-order valence-corrected chi connectivity index (χ3v) is 6.57. The first-order valence-electron chi connectivity index (χ1n) is 7.53. The molecule has 1 fully saturated rings. The summed E-state index contributed by atoms with van der Waals surface area (Å²) in [5.74, 6) is 0. The lowest BCUT2D eigenvalue weighted by atomic mass is 9.88. The molecule has 4 nitrogen and oxygen atoms in total. The van der Waals surface area contributed by atoms with Crippen LogP contribution in [-0.4, -0.2) is 24.3 Å². The van der Waals surface area contributed by atoms with Gasteiger partial charge in [-0.2, -0.15) is 4.31 Å². The van der Waals surface area contributed by atoms with E-state index in [4.69, 9.17) is 0 Å². The van der Waals surface area contributed by atoms with Crippen LogP contribution in [-0.2, 0) is 22.0 Å². The van der Waals surface area contributed by atoms with Gasteiger partial charge in [0.15, 0.2) is 0 Å². The molecule has 0 atom stereocenters. The van der Waals surface area contributed by atoms with E-state index in [1.165, 1.54) is 11.8 Å². The summed E-state index contributed by atoms with van der Waals surface area (Å²) in [5.41, 5.74) is 3.33. The largest absolute Gasteiger partial charge is 0.260 e. The van der Waals surface area contributed by atoms with Gasteiger partial charge in [0.05, 0.1) is 0 Å². The third-order valence-electron chi connectivity index (χ3n) is 4.79. The molecular formula is C17H18N2O2S. The highest BCUT2D eigenvalue weighted by Crippen LogP contribution is 2.52. The molecule has 2 heterocycles. The highest BCUT2D eigenvalue weighted by Gasteiger charge is 2.51. The van der Waals surface area contributed by atoms with E-state index in [2.05, 4.69) is 11.1 Å². The van der Waals surface area contributed by atoms with Crippen molar-refractivity contribution < 1.29 is 8.42 Å². The van der Waals surface area contributed by atoms with E-state index < -0.39 is 10.0 Å². The minimum absolute atomic E-state index is 0.0417. The van der Waals surface area contributed by atoms with Crippen molar-refractivity contribution in [3.63, 3.8) is 0 Å². The number of sulfonamides is 1. The second-order valence-electron chi connectivity index (χ2n) is 6.35. The van der Waals surface area contributed by atoms with Gasteiger partial charge in [0.25, 0.3) is 0 Å². The van der Waals surface area contributed by atoms with Crippen LogP contribution in [0.5, 0.6) is 0 Å². The van der Waals surface area contributed by atoms with Gasteiger partial charge in [0.2, 0.25) is 10.0 Å². The molecule has 1 saturated carbocycles. The van der Waals surface area contributed by atoms with Crippen molar-refractivity contribution >= 4 is 10.0 Å². The van der Waals surface area contributed by atoms with Crippen molar-refractivity contribution in [3.05, 3.63) is 59.4 Å². The molecule has 1 aromatic heterocycles. The molecule has 1 aliphatic carbocycles. The molecule has 4 rings (SSSR count). The number of fused-ring (bicyclic) bond motifs is 2. The molecule has 2 aliphatic rings. The summed E-state index contributed by atoms with van der Waals surface area (Å²) in [7, 11) is -3.48. The average molecular weight is 314 g/mol. The first-order chi connectivity index (χ1) is 10.5. The number of nitrogens with zero attached hydrogens (tertiary/aromatic N) is 2. The molecule has 5 heteroatoms. The molecule has 1 aliphatic heterocycles. The van der Waals surface area contributed by atoms with Crippen LogP contribution >= 0.6 is 0 Å². The molecule has 1 spiro atoms. The lowest BCUT2D eigenvalue weighted by Crippen LogP contribution is -2.41. The second kappa shape index (κ2) is 4.64. The van der Waals surface area contributed by atoms with Crippen LogP contribution < -0.4 is 0 Å². The Kier molecular flexibility index (Phi) is 2.93. The fraction of sp³-hybridized carbons (Fsp3) is 0.353. The van der Waals surface area contributed by atoms with Crippen LogP contribution in [0.1, 0.15) is 29.7 Å². The number of aryl methyl sites for hydroxylation is 1. The molecule has 2 aromatic rings. The van der Waals surface area contributed by atoms with Crippen LogP contribution in [0.4, 0.5) is 0 Å². The molecule has 0 unspecified atom stereocenters. The van der Waals surface area contributed by atoms with E-state index in [1.807, 2.05) is 25.1 Å². The van der Waals surface area contributed by atoms with E-state index >= 15 is 0 Å². The molecule has 22 heavy (non-hydrogen) atoms. The van der Waals surface area contributed by atoms with Crippen molar-refractivity contribution in [1.82, 2.24) is 9.29 Å². The normalized spacial score (nSPS) is 19.9. The van der Waals surface area contributed by atoms with Crippen molar-refractivity contribution in [2.45, 2.75) is 36.6 Å². The Morgan fingerprint density at radius 3 is 2.59 bits per heavy atom. The number of aromatic nitrogens is 1. The minimum Gasteiger partial charge on any atom is -0.260 e. The maximum atomic E-state index is 12.9. The topological polar surface area (TPSA) is 50.3 Å². The third kappa shape index (κ3) is 2.08. The Labute approximate surface area is 130 Å². The number of pyridine rings is 1. The summed E-state index contributed by atoms with van der Waals surface area (Å²) in [6.45, 7) is 2.89. The van der Waals surface area contributed by atoms with Gasteiger partial charge in [-0.3, -0.25) is 4.98 Å². The average Bonchev–Trinajstić information content (AvgIpc) is 3.28. The van der Waals surface area contributed by atoms with Gasteiger partial charge in [0, 0.05) is 30.4 Å². The van der Waals surface area contributed by atoms with Crippen molar-refractivity contribution in [1.29, 1.82) is 0 Å². The van der Waals surface area contributed by atoms with Gasteiger partial charge in [0.1, 0.15) is 4.90 Å². The molecule has 0 radical (unpaired) electrons. The predicted octanol–water partition coefficient (Wildman–Crippen LogP) is 2.63. The zero-order valence-corrected chi connectivity index (χ0v) is 13.3. The molecule has 0 saturated heterocycles. The Morgan fingerprint density at radius 2 is 1.91 bits per heavy atom.